The van der Waals surface area contributed by atoms with Gasteiger partial charge in [0.15, 0.2) is 0 Å². The van der Waals surface area contributed by atoms with Crippen LogP contribution in [0.15, 0.2) is 67.1 Å². The van der Waals surface area contributed by atoms with Gasteiger partial charge in [-0.3, -0.25) is 19.4 Å². The maximum atomic E-state index is 12.6. The highest BCUT2D eigenvalue weighted by molar-refractivity contribution is 6.34. The van der Waals surface area contributed by atoms with Gasteiger partial charge in [0, 0.05) is 18.1 Å². The number of benzene rings is 2. The van der Waals surface area contributed by atoms with Crippen molar-refractivity contribution in [2.45, 2.75) is 0 Å². The number of nitrogens with zero attached hydrogens (tertiary/aromatic N) is 3. The second-order valence-electron chi connectivity index (χ2n) is 5.59. The number of anilines is 2. The molecule has 0 saturated carbocycles. The van der Waals surface area contributed by atoms with Crippen LogP contribution in [0.1, 0.15) is 31.2 Å². The quantitative estimate of drug-likeness (QED) is 0.737. The molecule has 0 saturated heterocycles. The van der Waals surface area contributed by atoms with E-state index >= 15 is 0 Å². The van der Waals surface area contributed by atoms with Gasteiger partial charge in [-0.25, -0.2) is 9.88 Å². The molecule has 0 radical (unpaired) electrons. The summed E-state index contributed by atoms with van der Waals surface area (Å²) < 4.78 is 0. The fourth-order valence-corrected chi connectivity index (χ4v) is 2.76. The topological polar surface area (TPSA) is 92.3 Å². The average Bonchev–Trinajstić information content (AvgIpc) is 2.94. The van der Waals surface area contributed by atoms with Crippen LogP contribution in [-0.2, 0) is 0 Å². The highest BCUT2D eigenvalue weighted by Gasteiger charge is 2.36. The first-order chi connectivity index (χ1) is 12.6. The zero-order chi connectivity index (χ0) is 18.1. The molecule has 3 amide bonds. The van der Waals surface area contributed by atoms with Crippen molar-refractivity contribution in [2.75, 3.05) is 10.2 Å². The van der Waals surface area contributed by atoms with Crippen LogP contribution < -0.4 is 10.2 Å². The lowest BCUT2D eigenvalue weighted by molar-refractivity contribution is 0.0925. The number of hydrogen-bond donors (Lipinski definition) is 1. The van der Waals surface area contributed by atoms with Crippen LogP contribution in [-0.4, -0.2) is 27.7 Å². The Morgan fingerprint density at radius 3 is 2.31 bits per heavy atom. The maximum absolute atomic E-state index is 12.6. The van der Waals surface area contributed by atoms with Gasteiger partial charge in [-0.1, -0.05) is 18.2 Å². The summed E-state index contributed by atoms with van der Waals surface area (Å²) in [5, 5.41) is 2.68. The number of rotatable bonds is 3. The van der Waals surface area contributed by atoms with Crippen molar-refractivity contribution in [1.29, 1.82) is 0 Å². The zero-order valence-electron chi connectivity index (χ0n) is 13.4. The van der Waals surface area contributed by atoms with E-state index in [1.54, 1.807) is 48.5 Å². The first-order valence-corrected chi connectivity index (χ1v) is 7.80. The molecule has 0 aliphatic carbocycles. The van der Waals surface area contributed by atoms with Crippen LogP contribution in [0.2, 0.25) is 0 Å². The Balaban J connectivity index is 1.62. The highest BCUT2D eigenvalue weighted by Crippen LogP contribution is 2.29. The third-order valence-corrected chi connectivity index (χ3v) is 3.95. The normalized spacial score (nSPS) is 12.8. The monoisotopic (exact) mass is 344 g/mol. The van der Waals surface area contributed by atoms with E-state index in [4.69, 9.17) is 0 Å². The summed E-state index contributed by atoms with van der Waals surface area (Å²) >= 11 is 0. The Morgan fingerprint density at radius 2 is 1.65 bits per heavy atom. The minimum absolute atomic E-state index is 0.165. The summed E-state index contributed by atoms with van der Waals surface area (Å²) in [7, 11) is 0. The summed E-state index contributed by atoms with van der Waals surface area (Å²) in [6.45, 7) is 0. The first kappa shape index (κ1) is 15.6. The lowest BCUT2D eigenvalue weighted by Crippen LogP contribution is -2.29. The van der Waals surface area contributed by atoms with E-state index in [2.05, 4.69) is 15.3 Å². The smallest absolute Gasteiger partial charge is 0.275 e. The van der Waals surface area contributed by atoms with E-state index in [9.17, 15) is 14.4 Å². The third kappa shape index (κ3) is 2.61. The van der Waals surface area contributed by atoms with Crippen LogP contribution >= 0.6 is 0 Å². The van der Waals surface area contributed by atoms with Crippen molar-refractivity contribution in [1.82, 2.24) is 9.97 Å². The van der Waals surface area contributed by atoms with Gasteiger partial charge < -0.3 is 5.32 Å². The van der Waals surface area contributed by atoms with E-state index in [1.165, 1.54) is 18.6 Å². The van der Waals surface area contributed by atoms with Gasteiger partial charge in [0.25, 0.3) is 17.7 Å². The van der Waals surface area contributed by atoms with Gasteiger partial charge in [-0.05, 0) is 30.3 Å². The fraction of sp³-hybridized carbons (Fsp3) is 0. The molecule has 0 bridgehead atoms. The molecule has 1 aromatic heterocycles. The molecule has 126 valence electrons. The summed E-state index contributed by atoms with van der Waals surface area (Å²) in [5.74, 6) is -1.20. The van der Waals surface area contributed by atoms with E-state index < -0.39 is 5.91 Å². The van der Waals surface area contributed by atoms with Crippen LogP contribution in [0.5, 0.6) is 0 Å². The molecule has 1 N–H and O–H groups in total. The van der Waals surface area contributed by atoms with E-state index in [0.29, 0.717) is 22.5 Å². The van der Waals surface area contributed by atoms with Crippen molar-refractivity contribution in [3.63, 3.8) is 0 Å². The fourth-order valence-electron chi connectivity index (χ4n) is 2.76. The van der Waals surface area contributed by atoms with Crippen LogP contribution in [0, 0.1) is 0 Å². The first-order valence-electron chi connectivity index (χ1n) is 7.80. The van der Waals surface area contributed by atoms with Gasteiger partial charge in [-0.15, -0.1) is 0 Å². The van der Waals surface area contributed by atoms with Crippen molar-refractivity contribution in [3.8, 4) is 0 Å². The lowest BCUT2D eigenvalue weighted by atomic mass is 10.1. The number of carbonyl (C=O) groups is 3. The summed E-state index contributed by atoms with van der Waals surface area (Å²) in [6, 6.07) is 13.2. The van der Waals surface area contributed by atoms with Gasteiger partial charge in [0.2, 0.25) is 0 Å². The molecule has 1 aliphatic heterocycles. The van der Waals surface area contributed by atoms with Crippen molar-refractivity contribution >= 4 is 29.1 Å². The largest absolute Gasteiger partial charge is 0.321 e. The Morgan fingerprint density at radius 1 is 0.923 bits per heavy atom. The van der Waals surface area contributed by atoms with Crippen molar-refractivity contribution in [3.05, 3.63) is 83.9 Å². The van der Waals surface area contributed by atoms with Gasteiger partial charge in [0.1, 0.15) is 5.69 Å². The minimum Gasteiger partial charge on any atom is -0.321 e. The molecular weight excluding hydrogens is 332 g/mol. The summed E-state index contributed by atoms with van der Waals surface area (Å²) in [5.41, 5.74) is 1.72. The standard InChI is InChI=1S/C19H12N4O3/c24-17(16-11-20-8-9-21-16)22-12-4-3-5-13(10-12)23-18(25)14-6-1-2-7-15(14)19(23)26/h1-11H,(H,22,24). The number of aromatic nitrogens is 2. The maximum Gasteiger partial charge on any atom is 0.275 e. The van der Waals surface area contributed by atoms with E-state index in [0.717, 1.165) is 4.90 Å². The second kappa shape index (κ2) is 6.21. The number of hydrogen-bond acceptors (Lipinski definition) is 5. The van der Waals surface area contributed by atoms with E-state index in [1.807, 2.05) is 0 Å². The molecule has 2 aromatic carbocycles. The van der Waals surface area contributed by atoms with Crippen LogP contribution in [0.25, 0.3) is 0 Å². The van der Waals surface area contributed by atoms with Crippen LogP contribution in [0.3, 0.4) is 0 Å². The Bertz CT molecular complexity index is 999. The number of imide groups is 1. The molecule has 26 heavy (non-hydrogen) atoms. The van der Waals surface area contributed by atoms with Gasteiger partial charge >= 0.3 is 0 Å². The minimum atomic E-state index is -0.433. The molecule has 0 atom stereocenters. The molecule has 1 aliphatic rings. The average molecular weight is 344 g/mol. The Kier molecular flexibility index (Phi) is 3.74. The van der Waals surface area contributed by atoms with E-state index in [-0.39, 0.29) is 17.5 Å². The zero-order valence-corrected chi connectivity index (χ0v) is 13.4. The van der Waals surface area contributed by atoms with Crippen molar-refractivity contribution in [2.24, 2.45) is 0 Å². The molecule has 7 nitrogen and oxygen atoms in total. The number of carbonyl (C=O) groups excluding carboxylic acids is 3. The molecule has 0 spiro atoms. The van der Waals surface area contributed by atoms with Crippen LogP contribution in [0.4, 0.5) is 11.4 Å². The van der Waals surface area contributed by atoms with Gasteiger partial charge in [-0.2, -0.15) is 0 Å². The molecule has 0 unspecified atom stereocenters. The second-order valence-corrected chi connectivity index (χ2v) is 5.59. The summed E-state index contributed by atoms with van der Waals surface area (Å²) in [6.07, 6.45) is 4.24. The predicted molar refractivity (Wildman–Crippen MR) is 94.0 cm³/mol. The third-order valence-electron chi connectivity index (χ3n) is 3.95. The number of amides is 3. The molecule has 2 heterocycles. The Labute approximate surface area is 148 Å². The van der Waals surface area contributed by atoms with Crippen molar-refractivity contribution < 1.29 is 14.4 Å². The lowest BCUT2D eigenvalue weighted by Gasteiger charge is -2.15. The number of nitrogens with one attached hydrogen (secondary N) is 1. The SMILES string of the molecule is O=C(Nc1cccc(N2C(=O)c3ccccc3C2=O)c1)c1cnccn1. The molecule has 3 aromatic rings. The summed E-state index contributed by atoms with van der Waals surface area (Å²) in [4.78, 5) is 46.2. The molecular formula is C19H12N4O3. The predicted octanol–water partition coefficient (Wildman–Crippen LogP) is 2.53. The Hall–Kier alpha value is -3.87. The molecule has 0 fully saturated rings. The highest BCUT2D eigenvalue weighted by atomic mass is 16.2. The number of fused-ring (bicyclic) bond motifs is 1. The molecule has 4 rings (SSSR count). The molecule has 7 heteroatoms. The van der Waals surface area contributed by atoms with Gasteiger partial charge in [0.05, 0.1) is 23.0 Å².